The van der Waals surface area contributed by atoms with Gasteiger partial charge in [-0.15, -0.1) is 0 Å². The molecule has 0 aliphatic rings. The van der Waals surface area contributed by atoms with Gasteiger partial charge in [-0.1, -0.05) is 92.2 Å². The zero-order valence-electron chi connectivity index (χ0n) is 20.7. The quantitative estimate of drug-likeness (QED) is 0.164. The van der Waals surface area contributed by atoms with E-state index >= 15 is 0 Å². The van der Waals surface area contributed by atoms with Gasteiger partial charge in [0, 0.05) is 11.1 Å². The first kappa shape index (κ1) is 30.2. The second kappa shape index (κ2) is 15.2. The van der Waals surface area contributed by atoms with E-state index in [2.05, 4.69) is 53.3 Å². The van der Waals surface area contributed by atoms with Crippen molar-refractivity contribution in [1.82, 2.24) is 0 Å². The Morgan fingerprint density at radius 2 is 1.36 bits per heavy atom. The minimum absolute atomic E-state index is 0.0727. The van der Waals surface area contributed by atoms with Gasteiger partial charge in [-0.3, -0.25) is 0 Å². The third-order valence-corrected chi connectivity index (χ3v) is 5.47. The van der Waals surface area contributed by atoms with Crippen molar-refractivity contribution in [2.45, 2.75) is 53.4 Å². The zero-order valence-corrected chi connectivity index (χ0v) is 20.7. The molecule has 2 unspecified atom stereocenters. The van der Waals surface area contributed by atoms with Crippen LogP contribution in [0.3, 0.4) is 0 Å². The summed E-state index contributed by atoms with van der Waals surface area (Å²) in [5.41, 5.74) is 0.830. The Kier molecular flexibility index (Phi) is 13.9. The lowest BCUT2D eigenvalue weighted by atomic mass is 9.91. The van der Waals surface area contributed by atoms with Crippen molar-refractivity contribution in [3.05, 3.63) is 109 Å². The number of hydrogen-bond donors (Lipinski definition) is 0. The lowest BCUT2D eigenvalue weighted by Gasteiger charge is -2.15. The van der Waals surface area contributed by atoms with E-state index in [1.54, 1.807) is 0 Å². The van der Waals surface area contributed by atoms with Crippen LogP contribution in [-0.2, 0) is 4.74 Å². The van der Waals surface area contributed by atoms with E-state index < -0.39 is 23.2 Å². The molecule has 33 heavy (non-hydrogen) atoms. The number of ether oxygens (including phenoxy) is 1. The highest BCUT2D eigenvalue weighted by Gasteiger charge is 2.16. The van der Waals surface area contributed by atoms with Gasteiger partial charge in [0.25, 0.3) is 0 Å². The summed E-state index contributed by atoms with van der Waals surface area (Å²) in [7, 11) is 0. The largest absolute Gasteiger partial charge is 0.491 e. The first-order chi connectivity index (χ1) is 15.4. The van der Waals surface area contributed by atoms with E-state index in [4.69, 9.17) is 4.74 Å². The van der Waals surface area contributed by atoms with Gasteiger partial charge in [0.15, 0.2) is 11.6 Å². The lowest BCUT2D eigenvalue weighted by Crippen LogP contribution is -2.01. The van der Waals surface area contributed by atoms with E-state index in [1.165, 1.54) is 18.2 Å². The fraction of sp³-hybridized carbons (Fsp3) is 0.379. The molecule has 4 heteroatoms. The molecule has 0 saturated carbocycles. The monoisotopic (exact) mass is 460 g/mol. The summed E-state index contributed by atoms with van der Waals surface area (Å²) in [6, 6.07) is 0. The maximum absolute atomic E-state index is 14.7. The Morgan fingerprint density at radius 1 is 0.818 bits per heavy atom. The highest BCUT2D eigenvalue weighted by atomic mass is 19.2. The van der Waals surface area contributed by atoms with Crippen LogP contribution in [0.1, 0.15) is 53.4 Å². The molecule has 0 aromatic heterocycles. The van der Waals surface area contributed by atoms with Crippen LogP contribution in [0.2, 0.25) is 0 Å². The highest BCUT2D eigenvalue weighted by Crippen LogP contribution is 2.29. The van der Waals surface area contributed by atoms with Crippen molar-refractivity contribution >= 4 is 0 Å². The van der Waals surface area contributed by atoms with E-state index in [1.807, 2.05) is 13.8 Å². The van der Waals surface area contributed by atoms with Crippen molar-refractivity contribution in [2.75, 3.05) is 6.61 Å². The molecule has 0 heterocycles. The zero-order chi connectivity index (χ0) is 25.7. The summed E-state index contributed by atoms with van der Waals surface area (Å²) in [6.45, 7) is 30.5. The molecule has 0 aromatic carbocycles. The van der Waals surface area contributed by atoms with E-state index in [0.717, 1.165) is 19.3 Å². The Bertz CT molecular complexity index is 867. The van der Waals surface area contributed by atoms with Gasteiger partial charge in [-0.2, -0.15) is 4.39 Å². The summed E-state index contributed by atoms with van der Waals surface area (Å²) in [6.07, 6.45) is 7.89. The molecule has 0 fully saturated rings. The van der Waals surface area contributed by atoms with Crippen molar-refractivity contribution in [3.8, 4) is 0 Å². The molecule has 0 radical (unpaired) electrons. The lowest BCUT2D eigenvalue weighted by molar-refractivity contribution is 0.208. The number of hydrogen-bond acceptors (Lipinski definition) is 1. The number of allylic oxidation sites excluding steroid dienone is 11. The van der Waals surface area contributed by atoms with Gasteiger partial charge in [-0.05, 0) is 47.5 Å². The SMILES string of the molecule is C=C(/C=C\C(=C)C(=C)/C(F)=C\C(=C)C(C)CCC(C)CC)C(=C)/C(F)=C(/F)C(=C)OCCC. The highest BCUT2D eigenvalue weighted by molar-refractivity contribution is 5.53. The van der Waals surface area contributed by atoms with Gasteiger partial charge in [0.05, 0.1) is 6.61 Å². The van der Waals surface area contributed by atoms with Crippen molar-refractivity contribution in [3.63, 3.8) is 0 Å². The predicted octanol–water partition coefficient (Wildman–Crippen LogP) is 9.73. The van der Waals surface area contributed by atoms with Gasteiger partial charge in [0.1, 0.15) is 5.83 Å². The summed E-state index contributed by atoms with van der Waals surface area (Å²) >= 11 is 0. The molecular weight excluding hydrogens is 421 g/mol. The molecule has 0 N–H and O–H groups in total. The van der Waals surface area contributed by atoms with Crippen LogP contribution in [0.4, 0.5) is 13.2 Å². The second-order valence-electron chi connectivity index (χ2n) is 8.30. The van der Waals surface area contributed by atoms with Gasteiger partial charge in [-0.25, -0.2) is 8.78 Å². The fourth-order valence-corrected chi connectivity index (χ4v) is 2.56. The summed E-state index contributed by atoms with van der Waals surface area (Å²) in [4.78, 5) is 0. The molecule has 0 aromatic rings. The minimum Gasteiger partial charge on any atom is -0.491 e. The van der Waals surface area contributed by atoms with Crippen molar-refractivity contribution in [1.29, 1.82) is 0 Å². The molecule has 0 rings (SSSR count). The van der Waals surface area contributed by atoms with Gasteiger partial charge < -0.3 is 4.74 Å². The molecule has 2 atom stereocenters. The summed E-state index contributed by atoms with van der Waals surface area (Å²) in [5, 5.41) is 0. The molecule has 0 saturated heterocycles. The molecule has 0 aliphatic heterocycles. The normalized spacial score (nSPS) is 14.3. The average molecular weight is 461 g/mol. The first-order valence-corrected chi connectivity index (χ1v) is 11.3. The third-order valence-electron chi connectivity index (χ3n) is 5.47. The Morgan fingerprint density at radius 3 is 1.88 bits per heavy atom. The molecule has 182 valence electrons. The maximum Gasteiger partial charge on any atom is 0.200 e. The van der Waals surface area contributed by atoms with Gasteiger partial charge in [0.2, 0.25) is 5.83 Å². The van der Waals surface area contributed by atoms with Crippen LogP contribution in [0.15, 0.2) is 109 Å². The smallest absolute Gasteiger partial charge is 0.200 e. The molecule has 0 amide bonds. The van der Waals surface area contributed by atoms with Crippen LogP contribution < -0.4 is 0 Å². The topological polar surface area (TPSA) is 9.23 Å². The standard InChI is InChI=1S/C29H39F3O/c1-11-17-33-26(10)29(32)28(31)25(9)22(6)16-15-21(5)24(8)27(30)18-23(7)20(4)14-13-19(3)12-2/h15-16,18-20H,5-14,17H2,1-4H3/b16-15-,27-18+,29-28-. The Labute approximate surface area is 198 Å². The molecule has 0 bridgehead atoms. The summed E-state index contributed by atoms with van der Waals surface area (Å²) in [5.74, 6) is -2.64. The second-order valence-corrected chi connectivity index (χ2v) is 8.30. The number of rotatable bonds is 16. The van der Waals surface area contributed by atoms with Gasteiger partial charge >= 0.3 is 0 Å². The van der Waals surface area contributed by atoms with Crippen LogP contribution in [0.5, 0.6) is 0 Å². The van der Waals surface area contributed by atoms with E-state index in [0.29, 0.717) is 17.9 Å². The van der Waals surface area contributed by atoms with Crippen molar-refractivity contribution in [2.24, 2.45) is 11.8 Å². The van der Waals surface area contributed by atoms with Crippen molar-refractivity contribution < 1.29 is 17.9 Å². The van der Waals surface area contributed by atoms with Crippen LogP contribution in [-0.4, -0.2) is 6.61 Å². The Hall–Kier alpha value is -2.75. The van der Waals surface area contributed by atoms with E-state index in [9.17, 15) is 13.2 Å². The summed E-state index contributed by atoms with van der Waals surface area (Å²) < 4.78 is 48.1. The molecule has 0 aliphatic carbocycles. The molecule has 0 spiro atoms. The fourth-order valence-electron chi connectivity index (χ4n) is 2.56. The molecular formula is C29H39F3O. The predicted molar refractivity (Wildman–Crippen MR) is 137 cm³/mol. The van der Waals surface area contributed by atoms with E-state index in [-0.39, 0.29) is 34.8 Å². The number of halogens is 3. The third kappa shape index (κ3) is 10.6. The van der Waals surface area contributed by atoms with Crippen LogP contribution in [0, 0.1) is 11.8 Å². The minimum atomic E-state index is -1.24. The Balaban J connectivity index is 5.13. The van der Waals surface area contributed by atoms with Crippen LogP contribution >= 0.6 is 0 Å². The maximum atomic E-state index is 14.7. The molecule has 1 nitrogen and oxygen atoms in total. The first-order valence-electron chi connectivity index (χ1n) is 11.3. The average Bonchev–Trinajstić information content (AvgIpc) is 2.81. The van der Waals surface area contributed by atoms with Crippen LogP contribution in [0.25, 0.3) is 0 Å².